The van der Waals surface area contributed by atoms with Gasteiger partial charge in [0.2, 0.25) is 0 Å². The van der Waals surface area contributed by atoms with Gasteiger partial charge in [0.15, 0.2) is 0 Å². The van der Waals surface area contributed by atoms with Gasteiger partial charge in [0.05, 0.1) is 43.1 Å². The molecule has 2 aromatic heterocycles. The number of benzene rings is 2. The molecular weight excluding hydrogens is 617 g/mol. The minimum atomic E-state index is -1.33. The van der Waals surface area contributed by atoms with Crippen LogP contribution in [0.15, 0.2) is 54.7 Å². The van der Waals surface area contributed by atoms with Crippen molar-refractivity contribution < 1.29 is 34.0 Å². The number of hydrogen-bond donors (Lipinski definition) is 4. The molecule has 2 aromatic carbocycles. The second-order valence-corrected chi connectivity index (χ2v) is 13.5. The number of aromatic nitrogens is 2. The third-order valence-corrected chi connectivity index (χ3v) is 9.37. The van der Waals surface area contributed by atoms with E-state index in [1.807, 2.05) is 24.3 Å². The molecule has 0 atom stereocenters. The van der Waals surface area contributed by atoms with Gasteiger partial charge in [-0.05, 0) is 79.8 Å². The molecule has 48 heavy (non-hydrogen) atoms. The largest absolute Gasteiger partial charge is 0.491 e. The number of likely N-dealkylation sites (tertiary alicyclic amines) is 1. The van der Waals surface area contributed by atoms with Crippen LogP contribution in [0.2, 0.25) is 0 Å². The molecule has 4 N–H and O–H groups in total. The molecule has 5 heterocycles. The Morgan fingerprint density at radius 3 is 2.60 bits per heavy atom. The molecule has 0 bridgehead atoms. The van der Waals surface area contributed by atoms with Crippen LogP contribution in [0.5, 0.6) is 5.75 Å². The van der Waals surface area contributed by atoms with Gasteiger partial charge in [-0.15, -0.1) is 0 Å². The highest BCUT2D eigenvalue weighted by atomic mass is 19.1. The van der Waals surface area contributed by atoms with Gasteiger partial charge in [0.1, 0.15) is 29.4 Å². The number of ether oxygens (including phenoxy) is 1. The Morgan fingerprint density at radius 2 is 1.92 bits per heavy atom. The smallest absolute Gasteiger partial charge is 0.320 e. The van der Waals surface area contributed by atoms with Crippen molar-refractivity contribution in [3.8, 4) is 16.9 Å². The number of fused-ring (bicyclic) bond motifs is 2. The third kappa shape index (κ3) is 5.59. The Bertz CT molecular complexity index is 1970. The first kappa shape index (κ1) is 31.8. The molecule has 0 saturated carbocycles. The quantitative estimate of drug-likeness (QED) is 0.250. The lowest BCUT2D eigenvalue weighted by atomic mass is 9.95. The number of carbonyl (C=O) groups excluding carboxylic acids is 2. The van der Waals surface area contributed by atoms with E-state index < -0.39 is 22.9 Å². The van der Waals surface area contributed by atoms with E-state index in [0.717, 1.165) is 28.3 Å². The molecule has 3 aliphatic heterocycles. The Balaban J connectivity index is 1.20. The summed E-state index contributed by atoms with van der Waals surface area (Å²) in [5, 5.41) is 32.0. The van der Waals surface area contributed by atoms with Gasteiger partial charge in [0, 0.05) is 35.9 Å². The molecule has 12 heteroatoms. The zero-order valence-electron chi connectivity index (χ0n) is 27.1. The SMILES string of the molecule is CC1(O)CN(C(=O)N2CC=C(c3cc4c(-c5cccc(N6CCOc7cc(C(C)(C)O)cc(F)c7C6=O)c5CO)ccnc4[nH]3)CC2)C1. The molecule has 1 saturated heterocycles. The first-order valence-corrected chi connectivity index (χ1v) is 16.0. The predicted octanol–water partition coefficient (Wildman–Crippen LogP) is 4.40. The Kier molecular flexibility index (Phi) is 7.77. The minimum absolute atomic E-state index is 0.0650. The molecule has 0 spiro atoms. The van der Waals surface area contributed by atoms with E-state index in [4.69, 9.17) is 4.74 Å². The maximum Gasteiger partial charge on any atom is 0.320 e. The van der Waals surface area contributed by atoms with E-state index in [1.54, 1.807) is 35.1 Å². The van der Waals surface area contributed by atoms with Crippen LogP contribution in [0.4, 0.5) is 14.9 Å². The van der Waals surface area contributed by atoms with E-state index in [2.05, 4.69) is 9.97 Å². The lowest BCUT2D eigenvalue weighted by Crippen LogP contribution is -2.64. The summed E-state index contributed by atoms with van der Waals surface area (Å²) in [7, 11) is 0. The molecular formula is C36H38FN5O6. The molecule has 250 valence electrons. The van der Waals surface area contributed by atoms with E-state index in [-0.39, 0.29) is 37.1 Å². The molecule has 3 aliphatic rings. The number of pyridine rings is 1. The summed E-state index contributed by atoms with van der Waals surface area (Å²) in [6.45, 7) is 6.28. The molecule has 11 nitrogen and oxygen atoms in total. The highest BCUT2D eigenvalue weighted by Gasteiger charge is 2.41. The zero-order chi connectivity index (χ0) is 34.0. The lowest BCUT2D eigenvalue weighted by molar-refractivity contribution is -0.0662. The van der Waals surface area contributed by atoms with Crippen molar-refractivity contribution >= 4 is 34.2 Å². The topological polar surface area (TPSA) is 142 Å². The zero-order valence-corrected chi connectivity index (χ0v) is 27.1. The van der Waals surface area contributed by atoms with E-state index in [0.29, 0.717) is 60.6 Å². The first-order valence-electron chi connectivity index (χ1n) is 16.0. The van der Waals surface area contributed by atoms with Crippen molar-refractivity contribution in [3.05, 3.63) is 82.9 Å². The van der Waals surface area contributed by atoms with Gasteiger partial charge in [-0.2, -0.15) is 0 Å². The predicted molar refractivity (Wildman–Crippen MR) is 178 cm³/mol. The number of nitrogens with zero attached hydrogens (tertiary/aromatic N) is 4. The Hall–Kier alpha value is -4.78. The fourth-order valence-corrected chi connectivity index (χ4v) is 6.85. The van der Waals surface area contributed by atoms with Crippen LogP contribution in [0, 0.1) is 5.82 Å². The van der Waals surface area contributed by atoms with Crippen LogP contribution in [-0.2, 0) is 12.2 Å². The minimum Gasteiger partial charge on any atom is -0.491 e. The van der Waals surface area contributed by atoms with Crippen LogP contribution in [0.25, 0.3) is 27.7 Å². The third-order valence-electron chi connectivity index (χ3n) is 9.37. The Morgan fingerprint density at radius 1 is 1.12 bits per heavy atom. The number of hydrogen-bond acceptors (Lipinski definition) is 7. The van der Waals surface area contributed by atoms with Crippen LogP contribution in [-0.4, -0.2) is 92.0 Å². The molecule has 0 unspecified atom stereocenters. The molecule has 4 aromatic rings. The summed E-state index contributed by atoms with van der Waals surface area (Å²) < 4.78 is 21.3. The maximum atomic E-state index is 15.4. The summed E-state index contributed by atoms with van der Waals surface area (Å²) in [5.74, 6) is -1.33. The monoisotopic (exact) mass is 655 g/mol. The number of amides is 3. The van der Waals surface area contributed by atoms with Crippen molar-refractivity contribution in [3.63, 3.8) is 0 Å². The number of nitrogens with one attached hydrogen (secondary N) is 1. The average Bonchev–Trinajstić information content (AvgIpc) is 3.41. The van der Waals surface area contributed by atoms with Crippen molar-refractivity contribution in [2.24, 2.45) is 0 Å². The summed E-state index contributed by atoms with van der Waals surface area (Å²) in [4.78, 5) is 39.5. The molecule has 1 fully saturated rings. The van der Waals surface area contributed by atoms with E-state index >= 15 is 4.39 Å². The van der Waals surface area contributed by atoms with Gasteiger partial charge in [0.25, 0.3) is 5.91 Å². The summed E-state index contributed by atoms with van der Waals surface area (Å²) in [5.41, 5.74) is 2.93. The highest BCUT2D eigenvalue weighted by Crippen LogP contribution is 2.39. The number of aliphatic hydroxyl groups is 3. The van der Waals surface area contributed by atoms with Crippen LogP contribution in [0.1, 0.15) is 54.4 Å². The fraction of sp³-hybridized carbons (Fsp3) is 0.361. The highest BCUT2D eigenvalue weighted by molar-refractivity contribution is 6.09. The summed E-state index contributed by atoms with van der Waals surface area (Å²) in [6, 6.07) is 11.8. The summed E-state index contributed by atoms with van der Waals surface area (Å²) in [6.07, 6.45) is 4.35. The van der Waals surface area contributed by atoms with Crippen molar-refractivity contribution in [1.29, 1.82) is 0 Å². The number of urea groups is 1. The fourth-order valence-electron chi connectivity index (χ4n) is 6.85. The first-order chi connectivity index (χ1) is 22.8. The number of rotatable bonds is 5. The maximum absolute atomic E-state index is 15.4. The lowest BCUT2D eigenvalue weighted by Gasteiger charge is -2.46. The second-order valence-electron chi connectivity index (χ2n) is 13.5. The molecule has 3 amide bonds. The van der Waals surface area contributed by atoms with Gasteiger partial charge >= 0.3 is 6.03 Å². The molecule has 0 radical (unpaired) electrons. The van der Waals surface area contributed by atoms with Crippen LogP contribution < -0.4 is 9.64 Å². The average molecular weight is 656 g/mol. The standard InChI is InChI=1S/C36H38FN5O6/c1-35(2,46)22-15-27(37)31-30(16-22)48-14-13-42(33(31)44)29-6-4-5-23(26(29)18-43)24-7-10-38-32-25(24)17-28(39-32)21-8-11-40(12-9-21)34(45)41-19-36(3,47)20-41/h4-8,10,15-17,43,46-47H,9,11-14,18-20H2,1-3H3,(H,38,39). The number of β-amino-alcohol motifs (C(OH)–C–C–N with tert-alkyl or cyclic N) is 1. The van der Waals surface area contributed by atoms with E-state index in [9.17, 15) is 24.9 Å². The van der Waals surface area contributed by atoms with Crippen LogP contribution >= 0.6 is 0 Å². The van der Waals surface area contributed by atoms with Crippen LogP contribution in [0.3, 0.4) is 0 Å². The number of anilines is 1. The number of aliphatic hydroxyl groups excluding tert-OH is 1. The number of halogens is 1. The Labute approximate surface area is 276 Å². The number of carbonyl (C=O) groups is 2. The normalized spacial score (nSPS) is 17.9. The van der Waals surface area contributed by atoms with Crippen molar-refractivity contribution in [1.82, 2.24) is 19.8 Å². The number of H-pyrrole nitrogens is 1. The van der Waals surface area contributed by atoms with Gasteiger partial charge < -0.3 is 39.7 Å². The van der Waals surface area contributed by atoms with E-state index in [1.165, 1.54) is 24.8 Å². The van der Waals surface area contributed by atoms with Gasteiger partial charge in [-0.1, -0.05) is 18.2 Å². The van der Waals surface area contributed by atoms with Gasteiger partial charge in [-0.3, -0.25) is 4.79 Å². The second kappa shape index (κ2) is 11.7. The van der Waals surface area contributed by atoms with Gasteiger partial charge in [-0.25, -0.2) is 14.2 Å². The molecule has 7 rings (SSSR count). The molecule has 0 aliphatic carbocycles. The summed E-state index contributed by atoms with van der Waals surface area (Å²) >= 11 is 0. The van der Waals surface area contributed by atoms with Crippen molar-refractivity contribution in [2.75, 3.05) is 44.2 Å². The number of aromatic amines is 1. The van der Waals surface area contributed by atoms with Crippen molar-refractivity contribution in [2.45, 2.75) is 45.0 Å².